The summed E-state index contributed by atoms with van der Waals surface area (Å²) >= 11 is 0. The van der Waals surface area contributed by atoms with Crippen molar-refractivity contribution in [3.63, 3.8) is 0 Å². The molecule has 2 heterocycles. The molecular weight excluding hydrogens is 238 g/mol. The molecule has 4 heteroatoms. The van der Waals surface area contributed by atoms with E-state index in [1.807, 2.05) is 18.2 Å². The lowest BCUT2D eigenvalue weighted by atomic mass is 9.99. The van der Waals surface area contributed by atoms with Crippen molar-refractivity contribution < 1.29 is 4.74 Å². The standard InChI is InChI=1S/C15H17N3O/c1-19-14-4-5-15(17-9-14)18-7-6-11-2-3-13(16)8-12(11)10-18/h2-5,8-9H,6-7,10,16H2,1H3. The highest BCUT2D eigenvalue weighted by Gasteiger charge is 2.17. The van der Waals surface area contributed by atoms with Crippen LogP contribution in [0.3, 0.4) is 0 Å². The Morgan fingerprint density at radius 1 is 1.21 bits per heavy atom. The van der Waals surface area contributed by atoms with Crippen LogP contribution in [0.4, 0.5) is 11.5 Å². The van der Waals surface area contributed by atoms with Gasteiger partial charge in [-0.3, -0.25) is 0 Å². The van der Waals surface area contributed by atoms with Crippen molar-refractivity contribution in [2.75, 3.05) is 24.3 Å². The molecule has 0 saturated heterocycles. The van der Waals surface area contributed by atoms with Crippen molar-refractivity contribution in [1.29, 1.82) is 0 Å². The molecule has 0 atom stereocenters. The van der Waals surface area contributed by atoms with Gasteiger partial charge in [0.05, 0.1) is 13.3 Å². The first-order valence-corrected chi connectivity index (χ1v) is 6.38. The van der Waals surface area contributed by atoms with Crippen molar-refractivity contribution in [3.05, 3.63) is 47.7 Å². The van der Waals surface area contributed by atoms with Gasteiger partial charge in [-0.25, -0.2) is 4.98 Å². The van der Waals surface area contributed by atoms with Crippen LogP contribution in [0.1, 0.15) is 11.1 Å². The van der Waals surface area contributed by atoms with Gasteiger partial charge in [-0.15, -0.1) is 0 Å². The molecule has 3 rings (SSSR count). The zero-order chi connectivity index (χ0) is 13.2. The molecule has 0 radical (unpaired) electrons. The maximum atomic E-state index is 5.85. The summed E-state index contributed by atoms with van der Waals surface area (Å²) < 4.78 is 5.13. The monoisotopic (exact) mass is 255 g/mol. The number of nitrogen functional groups attached to an aromatic ring is 1. The van der Waals surface area contributed by atoms with Gasteiger partial charge in [-0.05, 0) is 41.8 Å². The van der Waals surface area contributed by atoms with E-state index in [9.17, 15) is 0 Å². The van der Waals surface area contributed by atoms with E-state index < -0.39 is 0 Å². The van der Waals surface area contributed by atoms with E-state index in [-0.39, 0.29) is 0 Å². The van der Waals surface area contributed by atoms with Gasteiger partial charge in [0.15, 0.2) is 0 Å². The minimum atomic E-state index is 0.783. The van der Waals surface area contributed by atoms with E-state index in [1.165, 1.54) is 11.1 Å². The number of pyridine rings is 1. The molecular formula is C15H17N3O. The number of methoxy groups -OCH3 is 1. The number of hydrogen-bond donors (Lipinski definition) is 1. The molecule has 19 heavy (non-hydrogen) atoms. The van der Waals surface area contributed by atoms with Gasteiger partial charge in [0.2, 0.25) is 0 Å². The summed E-state index contributed by atoms with van der Waals surface area (Å²) in [5, 5.41) is 0. The topological polar surface area (TPSA) is 51.4 Å². The van der Waals surface area contributed by atoms with Crippen LogP contribution in [-0.2, 0) is 13.0 Å². The normalized spacial score (nSPS) is 14.1. The lowest BCUT2D eigenvalue weighted by molar-refractivity contribution is 0.413. The smallest absolute Gasteiger partial charge is 0.137 e. The molecule has 2 aromatic rings. The van der Waals surface area contributed by atoms with Gasteiger partial charge in [-0.2, -0.15) is 0 Å². The molecule has 1 aromatic carbocycles. The second-order valence-corrected chi connectivity index (χ2v) is 4.76. The lowest BCUT2D eigenvalue weighted by Crippen LogP contribution is -2.31. The van der Waals surface area contributed by atoms with Crippen molar-refractivity contribution in [1.82, 2.24) is 4.98 Å². The van der Waals surface area contributed by atoms with Gasteiger partial charge in [-0.1, -0.05) is 6.07 Å². The molecule has 0 fully saturated rings. The number of rotatable bonds is 2. The molecule has 1 aliphatic heterocycles. The fourth-order valence-electron chi connectivity index (χ4n) is 2.45. The SMILES string of the molecule is COc1ccc(N2CCc3ccc(N)cc3C2)nc1. The summed E-state index contributed by atoms with van der Waals surface area (Å²) in [7, 11) is 1.65. The van der Waals surface area contributed by atoms with E-state index >= 15 is 0 Å². The average Bonchev–Trinajstić information content (AvgIpc) is 2.46. The Morgan fingerprint density at radius 2 is 2.11 bits per heavy atom. The molecule has 1 aromatic heterocycles. The third-order valence-electron chi connectivity index (χ3n) is 3.52. The third-order valence-corrected chi connectivity index (χ3v) is 3.52. The molecule has 0 spiro atoms. The molecule has 0 amide bonds. The second-order valence-electron chi connectivity index (χ2n) is 4.76. The average molecular weight is 255 g/mol. The fraction of sp³-hybridized carbons (Fsp3) is 0.267. The number of aromatic nitrogens is 1. The predicted octanol–water partition coefficient (Wildman–Crippen LogP) is 2.24. The van der Waals surface area contributed by atoms with Crippen LogP contribution in [0.15, 0.2) is 36.5 Å². The van der Waals surface area contributed by atoms with Crippen LogP contribution in [0.25, 0.3) is 0 Å². The highest BCUT2D eigenvalue weighted by atomic mass is 16.5. The number of nitrogens with two attached hydrogens (primary N) is 1. The highest BCUT2D eigenvalue weighted by Crippen LogP contribution is 2.25. The number of hydrogen-bond acceptors (Lipinski definition) is 4. The first-order valence-electron chi connectivity index (χ1n) is 6.38. The van der Waals surface area contributed by atoms with Gasteiger partial charge >= 0.3 is 0 Å². The number of ether oxygens (including phenoxy) is 1. The second kappa shape index (κ2) is 4.80. The molecule has 4 nitrogen and oxygen atoms in total. The molecule has 2 N–H and O–H groups in total. The quantitative estimate of drug-likeness (QED) is 0.836. The van der Waals surface area contributed by atoms with Gasteiger partial charge in [0.1, 0.15) is 11.6 Å². The predicted molar refractivity (Wildman–Crippen MR) is 76.4 cm³/mol. The first kappa shape index (κ1) is 11.8. The summed E-state index contributed by atoms with van der Waals surface area (Å²) in [5.74, 6) is 1.76. The van der Waals surface area contributed by atoms with Gasteiger partial charge in [0.25, 0.3) is 0 Å². The third kappa shape index (κ3) is 2.34. The van der Waals surface area contributed by atoms with Gasteiger partial charge < -0.3 is 15.4 Å². The summed E-state index contributed by atoms with van der Waals surface area (Å²) in [5.41, 5.74) is 9.36. The first-order chi connectivity index (χ1) is 9.26. The van der Waals surface area contributed by atoms with E-state index in [4.69, 9.17) is 10.5 Å². The van der Waals surface area contributed by atoms with Crippen molar-refractivity contribution in [2.24, 2.45) is 0 Å². The van der Waals surface area contributed by atoms with Crippen LogP contribution in [0.2, 0.25) is 0 Å². The summed E-state index contributed by atoms with van der Waals surface area (Å²) in [6.07, 6.45) is 2.79. The number of nitrogens with zero attached hydrogens (tertiary/aromatic N) is 2. The number of benzene rings is 1. The van der Waals surface area contributed by atoms with Crippen molar-refractivity contribution in [2.45, 2.75) is 13.0 Å². The van der Waals surface area contributed by atoms with Crippen LogP contribution >= 0.6 is 0 Å². The molecule has 1 aliphatic rings. The van der Waals surface area contributed by atoms with E-state index in [0.717, 1.165) is 36.8 Å². The zero-order valence-electron chi connectivity index (χ0n) is 11.0. The van der Waals surface area contributed by atoms with Crippen LogP contribution in [0, 0.1) is 0 Å². The van der Waals surface area contributed by atoms with Crippen LogP contribution < -0.4 is 15.4 Å². The zero-order valence-corrected chi connectivity index (χ0v) is 11.0. The van der Waals surface area contributed by atoms with Crippen molar-refractivity contribution in [3.8, 4) is 5.75 Å². The van der Waals surface area contributed by atoms with E-state index in [1.54, 1.807) is 13.3 Å². The molecule has 0 unspecified atom stereocenters. The Balaban J connectivity index is 1.84. The van der Waals surface area contributed by atoms with Crippen LogP contribution in [0.5, 0.6) is 5.75 Å². The molecule has 0 aliphatic carbocycles. The summed E-state index contributed by atoms with van der Waals surface area (Å²) in [6, 6.07) is 10.1. The Kier molecular flexibility index (Phi) is 2.99. The largest absolute Gasteiger partial charge is 0.495 e. The Labute approximate surface area is 112 Å². The maximum absolute atomic E-state index is 5.85. The summed E-state index contributed by atoms with van der Waals surface area (Å²) in [4.78, 5) is 6.70. The number of fused-ring (bicyclic) bond motifs is 1. The minimum absolute atomic E-state index is 0.783. The Bertz CT molecular complexity index is 580. The summed E-state index contributed by atoms with van der Waals surface area (Å²) in [6.45, 7) is 1.84. The Morgan fingerprint density at radius 3 is 2.84 bits per heavy atom. The molecule has 98 valence electrons. The van der Waals surface area contributed by atoms with Gasteiger partial charge in [0, 0.05) is 18.8 Å². The van der Waals surface area contributed by atoms with E-state index in [0.29, 0.717) is 0 Å². The lowest BCUT2D eigenvalue weighted by Gasteiger charge is -2.30. The number of anilines is 2. The van der Waals surface area contributed by atoms with Crippen LogP contribution in [-0.4, -0.2) is 18.6 Å². The molecule has 0 bridgehead atoms. The fourth-order valence-corrected chi connectivity index (χ4v) is 2.45. The van der Waals surface area contributed by atoms with E-state index in [2.05, 4.69) is 22.0 Å². The van der Waals surface area contributed by atoms with Crippen molar-refractivity contribution >= 4 is 11.5 Å². The molecule has 0 saturated carbocycles. The minimum Gasteiger partial charge on any atom is -0.495 e. The maximum Gasteiger partial charge on any atom is 0.137 e. The Hall–Kier alpha value is -2.23. The highest BCUT2D eigenvalue weighted by molar-refractivity contribution is 5.50.